The third-order valence-corrected chi connectivity index (χ3v) is 2.83. The monoisotopic (exact) mass is 322 g/mol. The van der Waals surface area contributed by atoms with Crippen molar-refractivity contribution in [3.8, 4) is 0 Å². The van der Waals surface area contributed by atoms with Crippen LogP contribution in [0.5, 0.6) is 0 Å². The molecular formula is C17H38O5. The largest absolute Gasteiger partial charge is 0.394 e. The van der Waals surface area contributed by atoms with Crippen LogP contribution in [0, 0.1) is 0 Å². The quantitative estimate of drug-likeness (QED) is 0.428. The van der Waals surface area contributed by atoms with Gasteiger partial charge in [-0.3, -0.25) is 0 Å². The van der Waals surface area contributed by atoms with E-state index in [0.717, 1.165) is 19.6 Å². The summed E-state index contributed by atoms with van der Waals surface area (Å²) in [6.45, 7) is 8.05. The van der Waals surface area contributed by atoms with Gasteiger partial charge in [-0.15, -0.1) is 0 Å². The van der Waals surface area contributed by atoms with Crippen LogP contribution < -0.4 is 0 Å². The molecule has 0 aliphatic rings. The van der Waals surface area contributed by atoms with Crippen LogP contribution in [-0.4, -0.2) is 63.1 Å². The molecule has 0 heterocycles. The summed E-state index contributed by atoms with van der Waals surface area (Å²) in [4.78, 5) is 0. The Morgan fingerprint density at radius 1 is 0.500 bits per heavy atom. The Morgan fingerprint density at radius 3 is 1.50 bits per heavy atom. The minimum Gasteiger partial charge on any atom is -0.394 e. The average molecular weight is 322 g/mol. The summed E-state index contributed by atoms with van der Waals surface area (Å²) in [6.07, 6.45) is 9.29. The van der Waals surface area contributed by atoms with Crippen molar-refractivity contribution in [1.29, 1.82) is 0 Å². The van der Waals surface area contributed by atoms with Gasteiger partial charge in [0.2, 0.25) is 0 Å². The number of ether oxygens (including phenoxy) is 3. The van der Waals surface area contributed by atoms with Gasteiger partial charge in [-0.25, -0.2) is 0 Å². The molecule has 0 aliphatic heterocycles. The fourth-order valence-corrected chi connectivity index (χ4v) is 1.68. The molecule has 0 aromatic rings. The third-order valence-electron chi connectivity index (χ3n) is 2.83. The molecule has 0 fully saturated rings. The lowest BCUT2D eigenvalue weighted by Crippen LogP contribution is -2.09. The maximum atomic E-state index is 8.26. The van der Waals surface area contributed by atoms with Gasteiger partial charge >= 0.3 is 0 Å². The van der Waals surface area contributed by atoms with E-state index in [1.807, 2.05) is 0 Å². The zero-order valence-electron chi connectivity index (χ0n) is 14.7. The molecule has 136 valence electrons. The summed E-state index contributed by atoms with van der Waals surface area (Å²) in [5.74, 6) is 0. The van der Waals surface area contributed by atoms with Crippen LogP contribution in [0.15, 0.2) is 0 Å². The topological polar surface area (TPSA) is 68.2 Å². The minimum absolute atomic E-state index is 0.0417. The molecule has 5 heteroatoms. The van der Waals surface area contributed by atoms with Gasteiger partial charge in [0.15, 0.2) is 0 Å². The van der Waals surface area contributed by atoms with E-state index in [-0.39, 0.29) is 13.2 Å². The highest BCUT2D eigenvalue weighted by Crippen LogP contribution is 2.04. The molecule has 0 amide bonds. The van der Waals surface area contributed by atoms with Crippen LogP contribution in [0.4, 0.5) is 0 Å². The maximum Gasteiger partial charge on any atom is 0.0701 e. The molecule has 0 aromatic heterocycles. The molecule has 0 spiro atoms. The third kappa shape index (κ3) is 28.0. The molecule has 0 atom stereocenters. The van der Waals surface area contributed by atoms with Gasteiger partial charge in [-0.05, 0) is 12.8 Å². The van der Waals surface area contributed by atoms with Crippen molar-refractivity contribution in [3.05, 3.63) is 0 Å². The van der Waals surface area contributed by atoms with Gasteiger partial charge in [0.1, 0.15) is 0 Å². The summed E-state index contributed by atoms with van der Waals surface area (Å²) < 4.78 is 15.1. The Labute approximate surface area is 137 Å². The summed E-state index contributed by atoms with van der Waals surface area (Å²) >= 11 is 0. The molecule has 0 bridgehead atoms. The number of hydrogen-bond donors (Lipinski definition) is 2. The summed E-state index contributed by atoms with van der Waals surface area (Å²) in [7, 11) is 0. The van der Waals surface area contributed by atoms with E-state index in [2.05, 4.69) is 13.8 Å². The van der Waals surface area contributed by atoms with Gasteiger partial charge < -0.3 is 24.4 Å². The van der Waals surface area contributed by atoms with Gasteiger partial charge in [0.05, 0.1) is 39.6 Å². The van der Waals surface area contributed by atoms with Crippen molar-refractivity contribution < 1.29 is 24.4 Å². The number of rotatable bonds is 16. The van der Waals surface area contributed by atoms with E-state index in [1.54, 1.807) is 0 Å². The zero-order chi connectivity index (χ0) is 16.7. The lowest BCUT2D eigenvalue weighted by molar-refractivity contribution is 0.0222. The van der Waals surface area contributed by atoms with Crippen molar-refractivity contribution in [3.63, 3.8) is 0 Å². The van der Waals surface area contributed by atoms with Crippen LogP contribution in [0.25, 0.3) is 0 Å². The molecule has 5 nitrogen and oxygen atoms in total. The van der Waals surface area contributed by atoms with Gasteiger partial charge in [-0.1, -0.05) is 46.0 Å². The minimum atomic E-state index is 0.0417. The molecule has 0 radical (unpaired) electrons. The van der Waals surface area contributed by atoms with Crippen LogP contribution in [0.2, 0.25) is 0 Å². The molecule has 2 N–H and O–H groups in total. The second-order valence-corrected chi connectivity index (χ2v) is 5.05. The zero-order valence-corrected chi connectivity index (χ0v) is 14.7. The van der Waals surface area contributed by atoms with E-state index in [1.165, 1.54) is 38.5 Å². The Bertz CT molecular complexity index is 149. The van der Waals surface area contributed by atoms with Crippen molar-refractivity contribution in [2.45, 2.75) is 58.8 Å². The van der Waals surface area contributed by atoms with Crippen LogP contribution >= 0.6 is 0 Å². The molecule has 0 aliphatic carbocycles. The summed E-state index contributed by atoms with van der Waals surface area (Å²) in [5.41, 5.74) is 0. The fourth-order valence-electron chi connectivity index (χ4n) is 1.68. The number of unbranched alkanes of at least 4 members (excludes halogenated alkanes) is 5. The Morgan fingerprint density at radius 2 is 1.00 bits per heavy atom. The fraction of sp³-hybridized carbons (Fsp3) is 1.00. The number of aliphatic hydroxyl groups excluding tert-OH is 2. The normalized spacial score (nSPS) is 10.4. The second kappa shape index (κ2) is 25.7. The summed E-state index contributed by atoms with van der Waals surface area (Å²) in [6, 6.07) is 0. The van der Waals surface area contributed by atoms with Crippen molar-refractivity contribution in [1.82, 2.24) is 0 Å². The average Bonchev–Trinajstić information content (AvgIpc) is 2.54. The van der Waals surface area contributed by atoms with Crippen molar-refractivity contribution in [2.24, 2.45) is 0 Å². The Hall–Kier alpha value is -0.200. The lowest BCUT2D eigenvalue weighted by Gasteiger charge is -2.01. The molecule has 0 aromatic carbocycles. The standard InChI is InChI=1S/C11H24O.C6H14O4/c1-3-5-6-7-8-9-11-12-10-4-2;7-1-3-9-5-6-10-4-2-8/h3-11H2,1-2H3;7-8H,1-6H2. The van der Waals surface area contributed by atoms with Crippen LogP contribution in [-0.2, 0) is 14.2 Å². The first kappa shape index (κ1) is 24.1. The highest BCUT2D eigenvalue weighted by molar-refractivity contribution is 4.43. The van der Waals surface area contributed by atoms with Crippen molar-refractivity contribution >= 4 is 0 Å². The number of aliphatic hydroxyl groups is 2. The van der Waals surface area contributed by atoms with Crippen LogP contribution in [0.1, 0.15) is 58.8 Å². The smallest absolute Gasteiger partial charge is 0.0701 e. The van der Waals surface area contributed by atoms with E-state index in [0.29, 0.717) is 26.4 Å². The maximum absolute atomic E-state index is 8.26. The molecule has 22 heavy (non-hydrogen) atoms. The Kier molecular flexibility index (Phi) is 28.1. The predicted molar refractivity (Wildman–Crippen MR) is 90.3 cm³/mol. The first-order valence-corrected chi connectivity index (χ1v) is 8.78. The van der Waals surface area contributed by atoms with Crippen molar-refractivity contribution in [2.75, 3.05) is 52.9 Å². The number of hydrogen-bond acceptors (Lipinski definition) is 5. The molecular weight excluding hydrogens is 284 g/mol. The lowest BCUT2D eigenvalue weighted by atomic mass is 10.1. The first-order valence-electron chi connectivity index (χ1n) is 8.78. The first-order chi connectivity index (χ1) is 10.8. The highest BCUT2D eigenvalue weighted by atomic mass is 16.5. The van der Waals surface area contributed by atoms with E-state index < -0.39 is 0 Å². The Balaban J connectivity index is 0. The predicted octanol–water partition coefficient (Wildman–Crippen LogP) is 2.78. The van der Waals surface area contributed by atoms with E-state index >= 15 is 0 Å². The SMILES string of the molecule is CCCCCCCCOCCC.OCCOCCOCCO. The van der Waals surface area contributed by atoms with Crippen LogP contribution in [0.3, 0.4) is 0 Å². The molecule has 0 saturated carbocycles. The van der Waals surface area contributed by atoms with E-state index in [4.69, 9.17) is 24.4 Å². The van der Waals surface area contributed by atoms with Gasteiger partial charge in [-0.2, -0.15) is 0 Å². The van der Waals surface area contributed by atoms with Gasteiger partial charge in [0.25, 0.3) is 0 Å². The van der Waals surface area contributed by atoms with Gasteiger partial charge in [0, 0.05) is 13.2 Å². The molecule has 0 unspecified atom stereocenters. The highest BCUT2D eigenvalue weighted by Gasteiger charge is 1.89. The summed E-state index contributed by atoms with van der Waals surface area (Å²) in [5, 5.41) is 16.5. The van der Waals surface area contributed by atoms with E-state index in [9.17, 15) is 0 Å². The second-order valence-electron chi connectivity index (χ2n) is 5.05. The molecule has 0 rings (SSSR count). The molecule has 0 saturated heterocycles.